The van der Waals surface area contributed by atoms with Crippen molar-refractivity contribution in [1.29, 1.82) is 0 Å². The van der Waals surface area contributed by atoms with Crippen LogP contribution in [0.5, 0.6) is 0 Å². The zero-order valence-corrected chi connectivity index (χ0v) is 10.4. The van der Waals surface area contributed by atoms with Crippen LogP contribution >= 0.6 is 11.8 Å². The highest BCUT2D eigenvalue weighted by Crippen LogP contribution is 2.30. The highest BCUT2D eigenvalue weighted by Gasteiger charge is 2.23. The number of hydrogen-bond acceptors (Lipinski definition) is 2. The third-order valence-electron chi connectivity index (χ3n) is 2.38. The fourth-order valence-electron chi connectivity index (χ4n) is 1.70. The summed E-state index contributed by atoms with van der Waals surface area (Å²) in [4.78, 5) is 11.5. The summed E-state index contributed by atoms with van der Waals surface area (Å²) in [5.41, 5.74) is 0.568. The van der Waals surface area contributed by atoms with Gasteiger partial charge in [-0.15, -0.1) is 0 Å². The molecule has 1 aromatic carbocycles. The molecule has 0 aromatic heterocycles. The van der Waals surface area contributed by atoms with E-state index in [0.717, 1.165) is 0 Å². The van der Waals surface area contributed by atoms with Crippen molar-refractivity contribution in [2.45, 2.75) is 30.4 Å². The average Bonchev–Trinajstić information content (AvgIpc) is 2.15. The number of alkyl halides is 2. The third kappa shape index (κ3) is 4.00. The molecule has 1 N–H and O–H groups in total. The Morgan fingerprint density at radius 2 is 2.00 bits per heavy atom. The Morgan fingerprint density at radius 1 is 1.35 bits per heavy atom. The molecule has 0 aliphatic carbocycles. The molecule has 0 amide bonds. The van der Waals surface area contributed by atoms with Gasteiger partial charge in [0.15, 0.2) is 0 Å². The third-order valence-corrected chi connectivity index (χ3v) is 3.08. The summed E-state index contributed by atoms with van der Waals surface area (Å²) in [6.07, 6.45) is 0. The first-order valence-corrected chi connectivity index (χ1v) is 6.07. The van der Waals surface area contributed by atoms with Crippen LogP contribution in [-0.4, -0.2) is 16.8 Å². The van der Waals surface area contributed by atoms with Crippen LogP contribution in [0.25, 0.3) is 0 Å². The van der Waals surface area contributed by atoms with Crippen LogP contribution in [0.2, 0.25) is 0 Å². The van der Waals surface area contributed by atoms with Gasteiger partial charge in [-0.3, -0.25) is 4.79 Å². The standard InChI is InChI=1S/C12H14F2O2S/c1-7(2)10(11(15)16)8-4-3-5-9(6-8)17-12(13)14/h3-7,10,12H,1-2H3,(H,15,16). The Balaban J connectivity index is 3.00. The van der Waals surface area contributed by atoms with Gasteiger partial charge in [-0.05, 0) is 23.6 Å². The molecule has 1 aromatic rings. The summed E-state index contributed by atoms with van der Waals surface area (Å²) in [5, 5.41) is 9.11. The van der Waals surface area contributed by atoms with Gasteiger partial charge in [0.2, 0.25) is 0 Å². The molecule has 0 spiro atoms. The van der Waals surface area contributed by atoms with Gasteiger partial charge >= 0.3 is 5.97 Å². The van der Waals surface area contributed by atoms with E-state index < -0.39 is 17.6 Å². The molecule has 5 heteroatoms. The van der Waals surface area contributed by atoms with E-state index in [0.29, 0.717) is 22.2 Å². The molecule has 0 aliphatic rings. The van der Waals surface area contributed by atoms with Crippen LogP contribution < -0.4 is 0 Å². The van der Waals surface area contributed by atoms with E-state index in [1.165, 1.54) is 6.07 Å². The molecule has 0 fully saturated rings. The highest BCUT2D eigenvalue weighted by molar-refractivity contribution is 7.99. The van der Waals surface area contributed by atoms with E-state index in [1.54, 1.807) is 32.0 Å². The van der Waals surface area contributed by atoms with Crippen molar-refractivity contribution in [2.75, 3.05) is 0 Å². The lowest BCUT2D eigenvalue weighted by molar-refractivity contribution is -0.139. The Bertz CT molecular complexity index is 394. The monoisotopic (exact) mass is 260 g/mol. The topological polar surface area (TPSA) is 37.3 Å². The molecular formula is C12H14F2O2S. The minimum atomic E-state index is -2.49. The van der Waals surface area contributed by atoms with Crippen molar-refractivity contribution >= 4 is 17.7 Å². The van der Waals surface area contributed by atoms with Gasteiger partial charge in [0.1, 0.15) is 0 Å². The number of carboxylic acid groups (broad SMARTS) is 1. The predicted molar refractivity (Wildman–Crippen MR) is 63.5 cm³/mol. The summed E-state index contributed by atoms with van der Waals surface area (Å²) in [6, 6.07) is 6.35. The van der Waals surface area contributed by atoms with Gasteiger partial charge in [0, 0.05) is 4.90 Å². The van der Waals surface area contributed by atoms with Gasteiger partial charge in [0.25, 0.3) is 5.76 Å². The van der Waals surface area contributed by atoms with Gasteiger partial charge in [0.05, 0.1) is 5.92 Å². The normalized spacial score (nSPS) is 13.1. The van der Waals surface area contributed by atoms with Crippen molar-refractivity contribution in [2.24, 2.45) is 5.92 Å². The van der Waals surface area contributed by atoms with E-state index >= 15 is 0 Å². The first-order chi connectivity index (χ1) is 7.91. The molecule has 2 nitrogen and oxygen atoms in total. The maximum Gasteiger partial charge on any atom is 0.311 e. The largest absolute Gasteiger partial charge is 0.481 e. The van der Waals surface area contributed by atoms with Crippen molar-refractivity contribution in [1.82, 2.24) is 0 Å². The van der Waals surface area contributed by atoms with Crippen LogP contribution in [0.4, 0.5) is 8.78 Å². The number of thioether (sulfide) groups is 1. The molecule has 0 heterocycles. The number of rotatable bonds is 5. The summed E-state index contributed by atoms with van der Waals surface area (Å²) in [7, 11) is 0. The number of halogens is 2. The van der Waals surface area contributed by atoms with E-state index in [9.17, 15) is 13.6 Å². The zero-order chi connectivity index (χ0) is 13.0. The molecule has 1 unspecified atom stereocenters. The lowest BCUT2D eigenvalue weighted by Gasteiger charge is -2.17. The van der Waals surface area contributed by atoms with E-state index in [2.05, 4.69) is 0 Å². The number of hydrogen-bond donors (Lipinski definition) is 1. The molecule has 0 radical (unpaired) electrons. The Kier molecular flexibility index (Phi) is 4.93. The second kappa shape index (κ2) is 6.00. The average molecular weight is 260 g/mol. The molecule has 0 bridgehead atoms. The van der Waals surface area contributed by atoms with Crippen molar-refractivity contribution < 1.29 is 18.7 Å². The number of carbonyl (C=O) groups is 1. The van der Waals surface area contributed by atoms with E-state index in [4.69, 9.17) is 5.11 Å². The van der Waals surface area contributed by atoms with Crippen LogP contribution in [-0.2, 0) is 4.79 Å². The van der Waals surface area contributed by atoms with Crippen LogP contribution in [0.15, 0.2) is 29.2 Å². The van der Waals surface area contributed by atoms with Gasteiger partial charge in [-0.25, -0.2) is 0 Å². The number of benzene rings is 1. The van der Waals surface area contributed by atoms with E-state index in [1.807, 2.05) is 0 Å². The van der Waals surface area contributed by atoms with Gasteiger partial charge in [-0.2, -0.15) is 8.78 Å². The second-order valence-corrected chi connectivity index (χ2v) is 5.07. The van der Waals surface area contributed by atoms with Crippen molar-refractivity contribution in [3.63, 3.8) is 0 Å². The molecule has 17 heavy (non-hydrogen) atoms. The Hall–Kier alpha value is -1.10. The maximum absolute atomic E-state index is 12.2. The highest BCUT2D eigenvalue weighted by atomic mass is 32.2. The van der Waals surface area contributed by atoms with Crippen LogP contribution in [0.1, 0.15) is 25.3 Å². The fraction of sp³-hybridized carbons (Fsp3) is 0.417. The summed E-state index contributed by atoms with van der Waals surface area (Å²) in [6.45, 7) is 3.59. The summed E-state index contributed by atoms with van der Waals surface area (Å²) in [5.74, 6) is -4.17. The smallest absolute Gasteiger partial charge is 0.311 e. The van der Waals surface area contributed by atoms with Crippen molar-refractivity contribution in [3.05, 3.63) is 29.8 Å². The molecule has 0 saturated carbocycles. The first kappa shape index (κ1) is 14.0. The molecular weight excluding hydrogens is 246 g/mol. The Morgan fingerprint density at radius 3 is 2.47 bits per heavy atom. The fourth-order valence-corrected chi connectivity index (χ4v) is 2.26. The minimum absolute atomic E-state index is 0.0840. The quantitative estimate of drug-likeness (QED) is 0.818. The molecule has 1 atom stereocenters. The SMILES string of the molecule is CC(C)C(C(=O)O)c1cccc(SC(F)F)c1. The molecule has 1 rings (SSSR count). The molecule has 94 valence electrons. The number of carboxylic acids is 1. The number of aliphatic carboxylic acids is 1. The summed E-state index contributed by atoms with van der Waals surface area (Å²) >= 11 is 0.427. The first-order valence-electron chi connectivity index (χ1n) is 5.19. The van der Waals surface area contributed by atoms with Crippen LogP contribution in [0.3, 0.4) is 0 Å². The van der Waals surface area contributed by atoms with Gasteiger partial charge < -0.3 is 5.11 Å². The summed E-state index contributed by atoms with van der Waals surface area (Å²) < 4.78 is 24.4. The van der Waals surface area contributed by atoms with E-state index in [-0.39, 0.29) is 5.92 Å². The van der Waals surface area contributed by atoms with Gasteiger partial charge in [-0.1, -0.05) is 37.7 Å². The molecule has 0 aliphatic heterocycles. The Labute approximate surface area is 103 Å². The lowest BCUT2D eigenvalue weighted by atomic mass is 9.89. The molecule has 0 saturated heterocycles. The predicted octanol–water partition coefficient (Wildman–Crippen LogP) is 3.83. The van der Waals surface area contributed by atoms with Crippen molar-refractivity contribution in [3.8, 4) is 0 Å². The lowest BCUT2D eigenvalue weighted by Crippen LogP contribution is -2.17. The van der Waals surface area contributed by atoms with Crippen LogP contribution in [0, 0.1) is 5.92 Å². The maximum atomic E-state index is 12.2. The minimum Gasteiger partial charge on any atom is -0.481 e. The second-order valence-electron chi connectivity index (χ2n) is 4.01. The zero-order valence-electron chi connectivity index (χ0n) is 9.56.